The Bertz CT molecular complexity index is 857. The first-order valence-corrected chi connectivity index (χ1v) is 9.10. The van der Waals surface area contributed by atoms with Crippen molar-refractivity contribution in [3.63, 3.8) is 0 Å². The summed E-state index contributed by atoms with van der Waals surface area (Å²) in [6, 6.07) is 11.6. The van der Waals surface area contributed by atoms with Gasteiger partial charge in [-0.1, -0.05) is 47.1 Å². The number of rotatable bonds is 5. The number of ketones is 1. The molecule has 2 heterocycles. The van der Waals surface area contributed by atoms with Gasteiger partial charge in [0.15, 0.2) is 16.8 Å². The zero-order chi connectivity index (χ0) is 16.4. The van der Waals surface area contributed by atoms with Crippen molar-refractivity contribution >= 4 is 40.5 Å². The number of carbonyl (C=O) groups excluding carboxylic acids is 1. The summed E-state index contributed by atoms with van der Waals surface area (Å²) in [5, 5.41) is 9.16. The second-order valence-electron chi connectivity index (χ2n) is 5.05. The van der Waals surface area contributed by atoms with Crippen molar-refractivity contribution in [2.75, 3.05) is 5.75 Å². The molecular formula is C16H14ClN3OS2. The van der Waals surface area contributed by atoms with Crippen LogP contribution in [-0.2, 0) is 7.05 Å². The van der Waals surface area contributed by atoms with E-state index in [1.165, 1.54) is 28.7 Å². The standard InChI is InChI=1S/C16H14ClN3OS2/c1-10-4-3-5-11(8-10)15-18-19-16(20(15)2)22-9-12(21)13-6-7-14(17)23-13/h3-8H,9H2,1-2H3. The quantitative estimate of drug-likeness (QED) is 0.495. The van der Waals surface area contributed by atoms with Crippen molar-refractivity contribution in [2.45, 2.75) is 12.1 Å². The van der Waals surface area contributed by atoms with Crippen LogP contribution in [0.5, 0.6) is 0 Å². The van der Waals surface area contributed by atoms with E-state index in [2.05, 4.69) is 16.3 Å². The topological polar surface area (TPSA) is 47.8 Å². The number of Topliss-reactive ketones (excluding diaryl/α,β-unsaturated/α-hetero) is 1. The number of halogens is 1. The van der Waals surface area contributed by atoms with Crippen LogP contribution in [0.1, 0.15) is 15.2 Å². The fraction of sp³-hybridized carbons (Fsp3) is 0.188. The van der Waals surface area contributed by atoms with Crippen molar-refractivity contribution in [3.05, 3.63) is 51.2 Å². The molecule has 0 aliphatic rings. The molecule has 0 fully saturated rings. The van der Waals surface area contributed by atoms with Gasteiger partial charge in [-0.2, -0.15) is 0 Å². The van der Waals surface area contributed by atoms with Crippen molar-refractivity contribution in [1.29, 1.82) is 0 Å². The predicted molar refractivity (Wildman–Crippen MR) is 95.6 cm³/mol. The Balaban J connectivity index is 1.74. The second kappa shape index (κ2) is 6.86. The Morgan fingerprint density at radius 1 is 1.30 bits per heavy atom. The molecule has 3 aromatic rings. The van der Waals surface area contributed by atoms with Crippen molar-refractivity contribution in [3.8, 4) is 11.4 Å². The third-order valence-corrected chi connectivity index (χ3v) is 5.58. The number of benzene rings is 1. The molecule has 23 heavy (non-hydrogen) atoms. The maximum absolute atomic E-state index is 12.1. The highest BCUT2D eigenvalue weighted by Gasteiger charge is 2.14. The van der Waals surface area contributed by atoms with Crippen LogP contribution >= 0.6 is 34.7 Å². The molecule has 0 bridgehead atoms. The Morgan fingerprint density at radius 2 is 2.13 bits per heavy atom. The molecule has 3 rings (SSSR count). The van der Waals surface area contributed by atoms with Gasteiger partial charge in [0.2, 0.25) is 0 Å². The first-order valence-electron chi connectivity index (χ1n) is 6.92. The van der Waals surface area contributed by atoms with Crippen molar-refractivity contribution < 1.29 is 4.79 Å². The van der Waals surface area contributed by atoms with E-state index >= 15 is 0 Å². The molecule has 1 aromatic carbocycles. The molecule has 7 heteroatoms. The molecule has 0 atom stereocenters. The molecule has 0 radical (unpaired) electrons. The predicted octanol–water partition coefficient (Wildman–Crippen LogP) is 4.48. The third kappa shape index (κ3) is 3.65. The summed E-state index contributed by atoms with van der Waals surface area (Å²) >= 11 is 8.54. The van der Waals surface area contributed by atoms with Gasteiger partial charge in [-0.3, -0.25) is 4.79 Å². The van der Waals surface area contributed by atoms with E-state index < -0.39 is 0 Å². The minimum absolute atomic E-state index is 0.0482. The highest BCUT2D eigenvalue weighted by atomic mass is 35.5. The van der Waals surface area contributed by atoms with Gasteiger partial charge >= 0.3 is 0 Å². The fourth-order valence-electron chi connectivity index (χ4n) is 2.14. The molecule has 118 valence electrons. The molecule has 0 aliphatic heterocycles. The molecule has 0 saturated carbocycles. The molecule has 0 N–H and O–H groups in total. The van der Waals surface area contributed by atoms with Crippen LogP contribution in [0.3, 0.4) is 0 Å². The van der Waals surface area contributed by atoms with E-state index in [-0.39, 0.29) is 5.78 Å². The monoisotopic (exact) mass is 363 g/mol. The smallest absolute Gasteiger partial charge is 0.191 e. The third-order valence-electron chi connectivity index (χ3n) is 3.29. The minimum atomic E-state index is 0.0482. The highest BCUT2D eigenvalue weighted by Crippen LogP contribution is 2.26. The molecule has 0 spiro atoms. The fourth-order valence-corrected chi connectivity index (χ4v) is 4.01. The Morgan fingerprint density at radius 3 is 2.83 bits per heavy atom. The number of thiophene rings is 1. The zero-order valence-electron chi connectivity index (χ0n) is 12.6. The number of aromatic nitrogens is 3. The number of hydrogen-bond donors (Lipinski definition) is 0. The van der Waals surface area contributed by atoms with Gasteiger partial charge in [0.25, 0.3) is 0 Å². The van der Waals surface area contributed by atoms with Crippen LogP contribution in [0.25, 0.3) is 11.4 Å². The van der Waals surface area contributed by atoms with Gasteiger partial charge in [-0.05, 0) is 25.1 Å². The number of hydrogen-bond acceptors (Lipinski definition) is 5. The summed E-state index contributed by atoms with van der Waals surface area (Å²) < 4.78 is 2.53. The van der Waals surface area contributed by atoms with E-state index in [1.807, 2.05) is 36.7 Å². The zero-order valence-corrected chi connectivity index (χ0v) is 15.0. The van der Waals surface area contributed by atoms with Crippen molar-refractivity contribution in [2.24, 2.45) is 7.05 Å². The van der Waals surface area contributed by atoms with E-state index in [0.717, 1.165) is 16.5 Å². The number of aryl methyl sites for hydroxylation is 1. The number of carbonyl (C=O) groups is 1. The van der Waals surface area contributed by atoms with Gasteiger partial charge in [-0.15, -0.1) is 21.5 Å². The second-order valence-corrected chi connectivity index (χ2v) is 7.71. The Labute approximate surface area is 147 Å². The van der Waals surface area contributed by atoms with Crippen LogP contribution in [-0.4, -0.2) is 26.3 Å². The Hall–Kier alpha value is -1.63. The van der Waals surface area contributed by atoms with E-state index in [1.54, 1.807) is 12.1 Å². The molecule has 0 amide bonds. The summed E-state index contributed by atoms with van der Waals surface area (Å²) in [6.45, 7) is 2.04. The summed E-state index contributed by atoms with van der Waals surface area (Å²) in [4.78, 5) is 12.8. The number of thioether (sulfide) groups is 1. The SMILES string of the molecule is Cc1cccc(-c2nnc(SCC(=O)c3ccc(Cl)s3)n2C)c1. The van der Waals surface area contributed by atoms with Crippen molar-refractivity contribution in [1.82, 2.24) is 14.8 Å². The normalized spacial score (nSPS) is 10.9. The lowest BCUT2D eigenvalue weighted by molar-refractivity contribution is 0.102. The van der Waals surface area contributed by atoms with Crippen LogP contribution in [0.15, 0.2) is 41.6 Å². The molecule has 4 nitrogen and oxygen atoms in total. The lowest BCUT2D eigenvalue weighted by atomic mass is 10.1. The van der Waals surface area contributed by atoms with Gasteiger partial charge in [0, 0.05) is 12.6 Å². The summed E-state index contributed by atoms with van der Waals surface area (Å²) in [6.07, 6.45) is 0. The van der Waals surface area contributed by atoms with Gasteiger partial charge in [0.1, 0.15) is 0 Å². The average molecular weight is 364 g/mol. The average Bonchev–Trinajstić information content (AvgIpc) is 3.11. The molecule has 0 aliphatic carbocycles. The first kappa shape index (κ1) is 16.2. The lowest BCUT2D eigenvalue weighted by Gasteiger charge is -2.04. The summed E-state index contributed by atoms with van der Waals surface area (Å²) in [5.74, 6) is 1.16. The van der Waals surface area contributed by atoms with Gasteiger partial charge < -0.3 is 4.57 Å². The van der Waals surface area contributed by atoms with E-state index in [0.29, 0.717) is 15.0 Å². The van der Waals surface area contributed by atoms with E-state index in [9.17, 15) is 4.79 Å². The van der Waals surface area contributed by atoms with E-state index in [4.69, 9.17) is 11.6 Å². The maximum Gasteiger partial charge on any atom is 0.191 e. The highest BCUT2D eigenvalue weighted by molar-refractivity contribution is 7.99. The molecule has 0 unspecified atom stereocenters. The van der Waals surface area contributed by atoms with Gasteiger partial charge in [0.05, 0.1) is 15.0 Å². The lowest BCUT2D eigenvalue weighted by Crippen LogP contribution is -2.02. The van der Waals surface area contributed by atoms with Crippen LogP contribution < -0.4 is 0 Å². The van der Waals surface area contributed by atoms with Crippen LogP contribution in [0, 0.1) is 6.92 Å². The number of nitrogens with zero attached hydrogens (tertiary/aromatic N) is 3. The maximum atomic E-state index is 12.1. The van der Waals surface area contributed by atoms with Crippen LogP contribution in [0.2, 0.25) is 4.34 Å². The largest absolute Gasteiger partial charge is 0.305 e. The minimum Gasteiger partial charge on any atom is -0.305 e. The summed E-state index contributed by atoms with van der Waals surface area (Å²) in [5.41, 5.74) is 2.19. The van der Waals surface area contributed by atoms with Crippen LogP contribution in [0.4, 0.5) is 0 Å². The molecular weight excluding hydrogens is 350 g/mol. The first-order chi connectivity index (χ1) is 11.0. The van der Waals surface area contributed by atoms with Gasteiger partial charge in [-0.25, -0.2) is 0 Å². The molecule has 0 saturated heterocycles. The Kier molecular flexibility index (Phi) is 4.84. The summed E-state index contributed by atoms with van der Waals surface area (Å²) in [7, 11) is 1.91. The molecule has 2 aromatic heterocycles.